The first-order valence-electron chi connectivity index (χ1n) is 5.61. The highest BCUT2D eigenvalue weighted by molar-refractivity contribution is 7.92. The van der Waals surface area contributed by atoms with E-state index in [4.69, 9.17) is 11.6 Å². The molecule has 1 aromatic carbocycles. The van der Waals surface area contributed by atoms with E-state index in [-0.39, 0.29) is 16.5 Å². The van der Waals surface area contributed by atoms with Gasteiger partial charge in [0.2, 0.25) is 10.0 Å². The van der Waals surface area contributed by atoms with Crippen molar-refractivity contribution in [2.24, 2.45) is 0 Å². The van der Waals surface area contributed by atoms with Crippen molar-refractivity contribution in [3.63, 3.8) is 0 Å². The van der Waals surface area contributed by atoms with Crippen molar-refractivity contribution in [2.75, 3.05) is 23.6 Å². The predicted octanol–water partition coefficient (Wildman–Crippen LogP) is 2.22. The summed E-state index contributed by atoms with van der Waals surface area (Å²) in [6, 6.07) is 3.52. The van der Waals surface area contributed by atoms with Gasteiger partial charge in [0.1, 0.15) is 5.82 Å². The van der Waals surface area contributed by atoms with E-state index in [2.05, 4.69) is 10.0 Å². The summed E-state index contributed by atoms with van der Waals surface area (Å²) in [7, 11) is -3.47. The zero-order valence-electron chi connectivity index (χ0n) is 10.0. The van der Waals surface area contributed by atoms with Gasteiger partial charge in [-0.05, 0) is 31.2 Å². The second kappa shape index (κ2) is 6.92. The third-order valence-corrected chi connectivity index (χ3v) is 3.76. The number of halogens is 2. The second-order valence-electron chi connectivity index (χ2n) is 3.80. The van der Waals surface area contributed by atoms with E-state index in [0.717, 1.165) is 25.1 Å². The molecule has 0 atom stereocenters. The molecule has 0 radical (unpaired) electrons. The molecule has 0 spiro atoms. The van der Waals surface area contributed by atoms with Crippen molar-refractivity contribution < 1.29 is 12.8 Å². The zero-order chi connectivity index (χ0) is 13.6. The Morgan fingerprint density at radius 2 is 2.06 bits per heavy atom. The van der Waals surface area contributed by atoms with Gasteiger partial charge in [0, 0.05) is 6.54 Å². The van der Waals surface area contributed by atoms with E-state index in [0.29, 0.717) is 6.54 Å². The second-order valence-corrected chi connectivity index (χ2v) is 6.04. The minimum absolute atomic E-state index is 0.0418. The van der Waals surface area contributed by atoms with Crippen molar-refractivity contribution in [3.8, 4) is 0 Å². The molecular formula is C11H16ClFN2O2S. The highest BCUT2D eigenvalue weighted by Gasteiger charge is 2.12. The summed E-state index contributed by atoms with van der Waals surface area (Å²) < 4.78 is 38.5. The lowest BCUT2D eigenvalue weighted by Gasteiger charge is -2.09. The molecule has 1 rings (SSSR count). The quantitative estimate of drug-likeness (QED) is 0.758. The molecule has 0 bridgehead atoms. The molecule has 0 fully saturated rings. The van der Waals surface area contributed by atoms with Gasteiger partial charge in [-0.1, -0.05) is 18.5 Å². The van der Waals surface area contributed by atoms with Crippen LogP contribution in [0.4, 0.5) is 10.1 Å². The molecule has 0 heterocycles. The number of hydrogen-bond acceptors (Lipinski definition) is 3. The SMILES string of the molecule is CCCNCCS(=O)(=O)Nc1ccc(F)cc1Cl. The number of benzene rings is 1. The van der Waals surface area contributed by atoms with Crippen LogP contribution in [0.2, 0.25) is 5.02 Å². The van der Waals surface area contributed by atoms with Crippen molar-refractivity contribution in [2.45, 2.75) is 13.3 Å². The molecule has 0 amide bonds. The summed E-state index contributed by atoms with van der Waals surface area (Å²) >= 11 is 5.74. The number of anilines is 1. The number of hydrogen-bond donors (Lipinski definition) is 2. The van der Waals surface area contributed by atoms with Crippen molar-refractivity contribution in [3.05, 3.63) is 29.0 Å². The van der Waals surface area contributed by atoms with Crippen LogP contribution in [-0.2, 0) is 10.0 Å². The summed E-state index contributed by atoms with van der Waals surface area (Å²) in [6.07, 6.45) is 0.942. The standard InChI is InChI=1S/C11H16ClFN2O2S/c1-2-5-14-6-7-18(16,17)15-11-4-3-9(13)8-10(11)12/h3-4,8,14-15H,2,5-7H2,1H3. The first-order chi connectivity index (χ1) is 8.44. The Labute approximate surface area is 112 Å². The largest absolute Gasteiger partial charge is 0.316 e. The van der Waals surface area contributed by atoms with Gasteiger partial charge in [-0.3, -0.25) is 4.72 Å². The van der Waals surface area contributed by atoms with Crippen LogP contribution in [0.3, 0.4) is 0 Å². The Morgan fingerprint density at radius 3 is 2.67 bits per heavy atom. The number of rotatable bonds is 7. The maximum Gasteiger partial charge on any atom is 0.234 e. The molecule has 0 saturated carbocycles. The molecule has 1 aromatic rings. The van der Waals surface area contributed by atoms with Crippen LogP contribution in [0.25, 0.3) is 0 Å². The summed E-state index contributed by atoms with van der Waals surface area (Å²) in [5.74, 6) is -0.562. The van der Waals surface area contributed by atoms with Crippen LogP contribution in [-0.4, -0.2) is 27.3 Å². The lowest BCUT2D eigenvalue weighted by Crippen LogP contribution is -2.27. The molecule has 0 aliphatic carbocycles. The number of sulfonamides is 1. The van der Waals surface area contributed by atoms with Gasteiger partial charge >= 0.3 is 0 Å². The molecule has 0 unspecified atom stereocenters. The Morgan fingerprint density at radius 1 is 1.33 bits per heavy atom. The molecule has 0 aliphatic heterocycles. The normalized spacial score (nSPS) is 11.5. The van der Waals surface area contributed by atoms with E-state index in [1.54, 1.807) is 0 Å². The summed E-state index contributed by atoms with van der Waals surface area (Å²) in [5, 5.41) is 3.03. The Kier molecular flexibility index (Phi) is 5.84. The van der Waals surface area contributed by atoms with Crippen molar-refractivity contribution >= 4 is 27.3 Å². The van der Waals surface area contributed by atoms with Gasteiger partial charge in [0.15, 0.2) is 0 Å². The molecular weight excluding hydrogens is 279 g/mol. The van der Waals surface area contributed by atoms with Crippen LogP contribution >= 0.6 is 11.6 Å². The maximum absolute atomic E-state index is 12.8. The van der Waals surface area contributed by atoms with Gasteiger partial charge in [0.05, 0.1) is 16.5 Å². The predicted molar refractivity (Wildman–Crippen MR) is 72.0 cm³/mol. The fraction of sp³-hybridized carbons (Fsp3) is 0.455. The zero-order valence-corrected chi connectivity index (χ0v) is 11.6. The van der Waals surface area contributed by atoms with Crippen LogP contribution in [0.15, 0.2) is 18.2 Å². The Balaban J connectivity index is 2.59. The average molecular weight is 295 g/mol. The topological polar surface area (TPSA) is 58.2 Å². The Bertz CT molecular complexity index is 494. The highest BCUT2D eigenvalue weighted by Crippen LogP contribution is 2.23. The minimum Gasteiger partial charge on any atom is -0.316 e. The third kappa shape index (κ3) is 5.20. The van der Waals surface area contributed by atoms with E-state index in [1.807, 2.05) is 6.92 Å². The molecule has 7 heteroatoms. The molecule has 0 saturated heterocycles. The lowest BCUT2D eigenvalue weighted by atomic mass is 10.3. The minimum atomic E-state index is -3.47. The van der Waals surface area contributed by atoms with E-state index >= 15 is 0 Å². The molecule has 4 nitrogen and oxygen atoms in total. The van der Waals surface area contributed by atoms with E-state index < -0.39 is 15.8 Å². The van der Waals surface area contributed by atoms with Gasteiger partial charge in [-0.25, -0.2) is 12.8 Å². The fourth-order valence-corrected chi connectivity index (χ4v) is 2.60. The van der Waals surface area contributed by atoms with Crippen LogP contribution in [0.5, 0.6) is 0 Å². The fourth-order valence-electron chi connectivity index (χ4n) is 1.30. The first kappa shape index (κ1) is 15.2. The molecule has 2 N–H and O–H groups in total. The van der Waals surface area contributed by atoms with Gasteiger partial charge in [-0.2, -0.15) is 0 Å². The average Bonchev–Trinajstić information content (AvgIpc) is 2.28. The molecule has 102 valence electrons. The third-order valence-electron chi connectivity index (χ3n) is 2.17. The molecule has 18 heavy (non-hydrogen) atoms. The Hall–Kier alpha value is -0.850. The van der Waals surface area contributed by atoms with Crippen LogP contribution in [0, 0.1) is 5.82 Å². The van der Waals surface area contributed by atoms with Crippen molar-refractivity contribution in [1.29, 1.82) is 0 Å². The van der Waals surface area contributed by atoms with Gasteiger partial charge in [-0.15, -0.1) is 0 Å². The monoisotopic (exact) mass is 294 g/mol. The van der Waals surface area contributed by atoms with Crippen LogP contribution in [0.1, 0.15) is 13.3 Å². The summed E-state index contributed by atoms with van der Waals surface area (Å²) in [6.45, 7) is 3.13. The summed E-state index contributed by atoms with van der Waals surface area (Å²) in [5.41, 5.74) is 0.188. The van der Waals surface area contributed by atoms with Gasteiger partial charge < -0.3 is 5.32 Å². The maximum atomic E-state index is 12.8. The van der Waals surface area contributed by atoms with E-state index in [1.165, 1.54) is 6.07 Å². The van der Waals surface area contributed by atoms with Crippen LogP contribution < -0.4 is 10.0 Å². The highest BCUT2D eigenvalue weighted by atomic mass is 35.5. The lowest BCUT2D eigenvalue weighted by molar-refractivity contribution is 0.595. The smallest absolute Gasteiger partial charge is 0.234 e. The first-order valence-corrected chi connectivity index (χ1v) is 7.64. The molecule has 0 aliphatic rings. The summed E-state index contributed by atoms with van der Waals surface area (Å²) in [4.78, 5) is 0. The van der Waals surface area contributed by atoms with E-state index in [9.17, 15) is 12.8 Å². The van der Waals surface area contributed by atoms with Crippen molar-refractivity contribution in [1.82, 2.24) is 5.32 Å². The number of nitrogens with one attached hydrogen (secondary N) is 2. The van der Waals surface area contributed by atoms with Gasteiger partial charge in [0.25, 0.3) is 0 Å². The molecule has 0 aromatic heterocycles.